The van der Waals surface area contributed by atoms with Crippen LogP contribution < -0.4 is 9.04 Å². The number of aromatic amines is 1. The normalized spacial score (nSPS) is 11.3. The van der Waals surface area contributed by atoms with Gasteiger partial charge in [0.25, 0.3) is 10.0 Å². The molecule has 4 rings (SSSR count). The summed E-state index contributed by atoms with van der Waals surface area (Å²) in [5.41, 5.74) is 2.79. The second-order valence-electron chi connectivity index (χ2n) is 6.13. The Kier molecular flexibility index (Phi) is 4.70. The number of methoxy groups -OCH3 is 1. The van der Waals surface area contributed by atoms with Crippen molar-refractivity contribution < 1.29 is 13.2 Å². The number of rotatable bonds is 5. The molecule has 29 heavy (non-hydrogen) atoms. The van der Waals surface area contributed by atoms with Crippen LogP contribution in [0.1, 0.15) is 5.56 Å². The van der Waals surface area contributed by atoms with Gasteiger partial charge < -0.3 is 9.72 Å². The van der Waals surface area contributed by atoms with Crippen molar-refractivity contribution in [2.45, 2.75) is 4.90 Å². The number of nitrogens with one attached hydrogen (secondary N) is 1. The van der Waals surface area contributed by atoms with Crippen LogP contribution in [-0.2, 0) is 10.0 Å². The molecule has 0 aliphatic heterocycles. The lowest BCUT2D eigenvalue weighted by molar-refractivity contribution is 0.413. The predicted octanol–water partition coefficient (Wildman–Crippen LogP) is 3.39. The van der Waals surface area contributed by atoms with Crippen molar-refractivity contribution in [1.29, 1.82) is 5.26 Å². The van der Waals surface area contributed by atoms with Crippen LogP contribution in [0.2, 0.25) is 0 Å². The number of hydrogen-bond donors (Lipinski definition) is 1. The average Bonchev–Trinajstić information content (AvgIpc) is 3.42. The van der Waals surface area contributed by atoms with Crippen LogP contribution >= 0.6 is 11.5 Å². The molecule has 0 unspecified atom stereocenters. The van der Waals surface area contributed by atoms with Gasteiger partial charge in [0, 0.05) is 41.2 Å². The molecule has 2 aromatic carbocycles. The molecule has 10 heteroatoms. The predicted molar refractivity (Wildman–Crippen MR) is 110 cm³/mol. The van der Waals surface area contributed by atoms with Crippen LogP contribution in [0.15, 0.2) is 53.8 Å². The summed E-state index contributed by atoms with van der Waals surface area (Å²) >= 11 is 1.01. The van der Waals surface area contributed by atoms with Crippen LogP contribution in [0.25, 0.3) is 22.0 Å². The summed E-state index contributed by atoms with van der Waals surface area (Å²) in [7, 11) is -0.805. The van der Waals surface area contributed by atoms with Crippen LogP contribution in [0.3, 0.4) is 0 Å². The molecule has 0 amide bonds. The van der Waals surface area contributed by atoms with Crippen molar-refractivity contribution >= 4 is 37.6 Å². The van der Waals surface area contributed by atoms with E-state index in [1.54, 1.807) is 36.5 Å². The molecule has 8 nitrogen and oxygen atoms in total. The smallest absolute Gasteiger partial charge is 0.265 e. The molecule has 0 aliphatic rings. The van der Waals surface area contributed by atoms with Gasteiger partial charge >= 0.3 is 0 Å². The maximum Gasteiger partial charge on any atom is 0.265 e. The number of hydrogen-bond acceptors (Lipinski definition) is 7. The minimum atomic E-state index is -3.77. The van der Waals surface area contributed by atoms with Gasteiger partial charge in [0.15, 0.2) is 0 Å². The molecule has 4 aromatic rings. The number of nitriles is 1. The molecule has 1 N–H and O–H groups in total. The number of benzene rings is 2. The SMILES string of the molecule is COc1ccc(-c2c[nH]c3cc(S(=O)(=O)N(C)c4ncns4)ccc23)cc1C#N. The maximum atomic E-state index is 12.9. The Balaban J connectivity index is 1.76. The van der Waals surface area contributed by atoms with E-state index in [4.69, 9.17) is 4.74 Å². The topological polar surface area (TPSA) is 112 Å². The third-order valence-electron chi connectivity index (χ3n) is 4.56. The summed E-state index contributed by atoms with van der Waals surface area (Å²) in [6.07, 6.45) is 3.11. The van der Waals surface area contributed by atoms with Crippen LogP contribution in [0.5, 0.6) is 5.75 Å². The lowest BCUT2D eigenvalue weighted by Gasteiger charge is -2.15. The Labute approximate surface area is 171 Å². The number of nitrogens with zero attached hydrogens (tertiary/aromatic N) is 4. The number of ether oxygens (including phenoxy) is 1. The van der Waals surface area contributed by atoms with Gasteiger partial charge in [-0.2, -0.15) is 9.64 Å². The van der Waals surface area contributed by atoms with E-state index in [-0.39, 0.29) is 4.90 Å². The second-order valence-corrected chi connectivity index (χ2v) is 8.86. The fourth-order valence-electron chi connectivity index (χ4n) is 3.03. The molecule has 0 radical (unpaired) electrons. The standard InChI is InChI=1S/C19H15N5O3S2/c1-24(19-22-11-23-28-19)29(25,26)14-4-5-15-16(10-21-17(15)8-14)12-3-6-18(27-2)13(7-12)9-20/h3-8,10-11,21H,1-2H3. The number of sulfonamides is 1. The fraction of sp³-hybridized carbons (Fsp3) is 0.105. The highest BCUT2D eigenvalue weighted by Crippen LogP contribution is 2.33. The van der Waals surface area contributed by atoms with Crippen molar-refractivity contribution in [3.8, 4) is 22.9 Å². The first-order valence-corrected chi connectivity index (χ1v) is 10.6. The zero-order valence-electron chi connectivity index (χ0n) is 15.4. The van der Waals surface area contributed by atoms with Crippen molar-refractivity contribution in [3.63, 3.8) is 0 Å². The fourth-order valence-corrected chi connectivity index (χ4v) is 4.90. The first kappa shape index (κ1) is 18.9. The van der Waals surface area contributed by atoms with Crippen LogP contribution in [0, 0.1) is 11.3 Å². The van der Waals surface area contributed by atoms with Gasteiger partial charge in [-0.15, -0.1) is 0 Å². The lowest BCUT2D eigenvalue weighted by Crippen LogP contribution is -2.26. The number of fused-ring (bicyclic) bond motifs is 1. The molecule has 0 atom stereocenters. The Morgan fingerprint density at radius 3 is 2.76 bits per heavy atom. The largest absolute Gasteiger partial charge is 0.495 e. The highest BCUT2D eigenvalue weighted by molar-refractivity contribution is 7.93. The summed E-state index contributed by atoms with van der Waals surface area (Å²) in [6, 6.07) is 12.4. The van der Waals surface area contributed by atoms with E-state index in [1.165, 1.54) is 20.5 Å². The Bertz CT molecular complexity index is 1340. The second kappa shape index (κ2) is 7.20. The van der Waals surface area contributed by atoms with Gasteiger partial charge in [-0.25, -0.2) is 17.7 Å². The summed E-state index contributed by atoms with van der Waals surface area (Å²) in [5.74, 6) is 0.504. The third-order valence-corrected chi connectivity index (χ3v) is 7.16. The third kappa shape index (κ3) is 3.20. The van der Waals surface area contributed by atoms with E-state index in [9.17, 15) is 13.7 Å². The number of aromatic nitrogens is 3. The molecular weight excluding hydrogens is 410 g/mol. The monoisotopic (exact) mass is 425 g/mol. The molecule has 0 fully saturated rings. The number of anilines is 1. The van der Waals surface area contributed by atoms with Gasteiger partial charge in [0.1, 0.15) is 18.1 Å². The average molecular weight is 425 g/mol. The van der Waals surface area contributed by atoms with Gasteiger partial charge in [-0.05, 0) is 29.8 Å². The van der Waals surface area contributed by atoms with Crippen molar-refractivity contribution in [3.05, 3.63) is 54.5 Å². The molecule has 0 spiro atoms. The zero-order chi connectivity index (χ0) is 20.6. The molecule has 2 heterocycles. The van der Waals surface area contributed by atoms with E-state index in [0.29, 0.717) is 22.0 Å². The Hall–Kier alpha value is -3.42. The van der Waals surface area contributed by atoms with Gasteiger partial charge in [-0.3, -0.25) is 0 Å². The van der Waals surface area contributed by atoms with E-state index < -0.39 is 10.0 Å². The first-order chi connectivity index (χ1) is 14.0. The maximum absolute atomic E-state index is 12.9. The van der Waals surface area contributed by atoms with Crippen molar-refractivity contribution in [2.24, 2.45) is 0 Å². The van der Waals surface area contributed by atoms with Gasteiger partial charge in [0.05, 0.1) is 17.6 Å². The van der Waals surface area contributed by atoms with Gasteiger partial charge in [-0.1, -0.05) is 12.1 Å². The molecule has 146 valence electrons. The highest BCUT2D eigenvalue weighted by Gasteiger charge is 2.24. The lowest BCUT2D eigenvalue weighted by atomic mass is 10.0. The van der Waals surface area contributed by atoms with E-state index in [2.05, 4.69) is 20.4 Å². The molecule has 2 aromatic heterocycles. The van der Waals surface area contributed by atoms with Crippen LogP contribution in [-0.4, -0.2) is 36.9 Å². The molecule has 0 bridgehead atoms. The summed E-state index contributed by atoms with van der Waals surface area (Å²) < 4.78 is 36.0. The van der Waals surface area contributed by atoms with E-state index in [1.807, 2.05) is 6.07 Å². The molecule has 0 saturated heterocycles. The first-order valence-electron chi connectivity index (χ1n) is 8.41. The van der Waals surface area contributed by atoms with Crippen LogP contribution in [0.4, 0.5) is 5.13 Å². The molecule has 0 aliphatic carbocycles. The van der Waals surface area contributed by atoms with Gasteiger partial charge in [0.2, 0.25) is 5.13 Å². The minimum Gasteiger partial charge on any atom is -0.495 e. The summed E-state index contributed by atoms with van der Waals surface area (Å²) in [6.45, 7) is 0. The Morgan fingerprint density at radius 1 is 1.24 bits per heavy atom. The van der Waals surface area contributed by atoms with E-state index in [0.717, 1.165) is 32.4 Å². The van der Waals surface area contributed by atoms with E-state index >= 15 is 0 Å². The molecular formula is C19H15N5O3S2. The summed E-state index contributed by atoms with van der Waals surface area (Å²) in [4.78, 5) is 7.21. The van der Waals surface area contributed by atoms with Crippen molar-refractivity contribution in [2.75, 3.05) is 18.5 Å². The highest BCUT2D eigenvalue weighted by atomic mass is 32.2. The zero-order valence-corrected chi connectivity index (χ0v) is 17.1. The quantitative estimate of drug-likeness (QED) is 0.524. The molecule has 0 saturated carbocycles. The number of H-pyrrole nitrogens is 1. The van der Waals surface area contributed by atoms with Crippen molar-refractivity contribution in [1.82, 2.24) is 14.3 Å². The minimum absolute atomic E-state index is 0.142. The Morgan fingerprint density at radius 2 is 2.07 bits per heavy atom. The summed E-state index contributed by atoms with van der Waals surface area (Å²) in [5, 5.41) is 10.5.